The Morgan fingerprint density at radius 2 is 1.95 bits per heavy atom. The summed E-state index contributed by atoms with van der Waals surface area (Å²) < 4.78 is 28.0. The van der Waals surface area contributed by atoms with E-state index in [0.29, 0.717) is 31.2 Å². The zero-order chi connectivity index (χ0) is 14.6. The van der Waals surface area contributed by atoms with Gasteiger partial charge in [0.15, 0.2) is 0 Å². The Bertz CT molecular complexity index is 525. The largest absolute Gasteiger partial charge is 0.315 e. The first-order chi connectivity index (χ1) is 9.50. The van der Waals surface area contributed by atoms with E-state index in [0.717, 1.165) is 18.5 Å². The highest BCUT2D eigenvalue weighted by molar-refractivity contribution is 7.86. The molecule has 1 aromatic rings. The van der Waals surface area contributed by atoms with Crippen molar-refractivity contribution in [3.05, 3.63) is 34.9 Å². The van der Waals surface area contributed by atoms with Crippen LogP contribution < -0.4 is 5.32 Å². The molecule has 1 N–H and O–H groups in total. The Balaban J connectivity index is 2.06. The van der Waals surface area contributed by atoms with Gasteiger partial charge in [0.05, 0.1) is 0 Å². The van der Waals surface area contributed by atoms with E-state index in [9.17, 15) is 8.42 Å². The molecule has 7 heteroatoms. The fourth-order valence-corrected chi connectivity index (χ4v) is 3.69. The Labute approximate surface area is 125 Å². The highest BCUT2D eigenvalue weighted by Gasteiger charge is 2.27. The van der Waals surface area contributed by atoms with Crippen LogP contribution >= 0.6 is 11.6 Å². The topological polar surface area (TPSA) is 52.7 Å². The summed E-state index contributed by atoms with van der Waals surface area (Å²) in [7, 11) is -1.79. The lowest BCUT2D eigenvalue weighted by atomic mass is 10.2. The molecule has 0 bridgehead atoms. The highest BCUT2D eigenvalue weighted by Crippen LogP contribution is 2.15. The minimum absolute atomic E-state index is 0.351. The molecule has 0 saturated carbocycles. The van der Waals surface area contributed by atoms with Gasteiger partial charge in [-0.3, -0.25) is 0 Å². The molecule has 112 valence electrons. The van der Waals surface area contributed by atoms with Crippen molar-refractivity contribution in [1.29, 1.82) is 0 Å². The first-order valence-electron chi connectivity index (χ1n) is 6.67. The smallest absolute Gasteiger partial charge is 0.282 e. The maximum atomic E-state index is 12.5. The van der Waals surface area contributed by atoms with E-state index in [1.807, 2.05) is 12.1 Å². The highest BCUT2D eigenvalue weighted by atomic mass is 35.5. The van der Waals surface area contributed by atoms with Crippen LogP contribution in [0.4, 0.5) is 0 Å². The molecule has 1 fully saturated rings. The van der Waals surface area contributed by atoms with Gasteiger partial charge in [0.1, 0.15) is 0 Å². The fourth-order valence-electron chi connectivity index (χ4n) is 2.18. The van der Waals surface area contributed by atoms with Crippen molar-refractivity contribution in [1.82, 2.24) is 13.9 Å². The maximum Gasteiger partial charge on any atom is 0.282 e. The molecular formula is C13H20ClN3O2S. The SMILES string of the molecule is CN(Cc1ccc(Cl)cc1)S(=O)(=O)N1CCCNCC1. The molecule has 1 heterocycles. The number of nitrogens with one attached hydrogen (secondary N) is 1. The van der Waals surface area contributed by atoms with Gasteiger partial charge in [-0.1, -0.05) is 23.7 Å². The first-order valence-corrected chi connectivity index (χ1v) is 8.44. The third kappa shape index (κ3) is 3.93. The molecular weight excluding hydrogens is 298 g/mol. The van der Waals surface area contributed by atoms with Crippen LogP contribution in [-0.2, 0) is 16.8 Å². The molecule has 1 saturated heterocycles. The van der Waals surface area contributed by atoms with Gasteiger partial charge in [0.25, 0.3) is 10.2 Å². The zero-order valence-electron chi connectivity index (χ0n) is 11.5. The standard InChI is InChI=1S/C13H20ClN3O2S/c1-16(11-12-3-5-13(14)6-4-12)20(18,19)17-9-2-7-15-8-10-17/h3-6,15H,2,7-11H2,1H3. The van der Waals surface area contributed by atoms with Gasteiger partial charge >= 0.3 is 0 Å². The van der Waals surface area contributed by atoms with Gasteiger partial charge in [-0.2, -0.15) is 17.0 Å². The van der Waals surface area contributed by atoms with Crippen LogP contribution in [0.5, 0.6) is 0 Å². The van der Waals surface area contributed by atoms with Crippen LogP contribution in [0.3, 0.4) is 0 Å². The van der Waals surface area contributed by atoms with Crippen molar-refractivity contribution in [2.45, 2.75) is 13.0 Å². The van der Waals surface area contributed by atoms with Crippen molar-refractivity contribution < 1.29 is 8.42 Å². The van der Waals surface area contributed by atoms with Crippen molar-refractivity contribution in [2.75, 3.05) is 33.2 Å². The molecule has 0 amide bonds. The average Bonchev–Trinajstić information content (AvgIpc) is 2.70. The predicted octanol–water partition coefficient (Wildman–Crippen LogP) is 1.31. The van der Waals surface area contributed by atoms with Crippen LogP contribution in [0, 0.1) is 0 Å². The first kappa shape index (κ1) is 15.7. The van der Waals surface area contributed by atoms with Crippen LogP contribution in [0.1, 0.15) is 12.0 Å². The number of halogens is 1. The zero-order valence-corrected chi connectivity index (χ0v) is 13.1. The molecule has 0 aliphatic carbocycles. The van der Waals surface area contributed by atoms with Crippen LogP contribution in [0.2, 0.25) is 5.02 Å². The second kappa shape index (κ2) is 6.87. The van der Waals surface area contributed by atoms with Crippen molar-refractivity contribution >= 4 is 21.8 Å². The van der Waals surface area contributed by atoms with E-state index in [4.69, 9.17) is 11.6 Å². The van der Waals surface area contributed by atoms with E-state index in [-0.39, 0.29) is 0 Å². The summed E-state index contributed by atoms with van der Waals surface area (Å²) in [6, 6.07) is 7.23. The normalized spacial score (nSPS) is 18.1. The van der Waals surface area contributed by atoms with E-state index in [1.54, 1.807) is 23.5 Å². The minimum atomic E-state index is -3.40. The molecule has 0 spiro atoms. The molecule has 20 heavy (non-hydrogen) atoms. The van der Waals surface area contributed by atoms with Crippen molar-refractivity contribution in [2.24, 2.45) is 0 Å². The van der Waals surface area contributed by atoms with Gasteiger partial charge in [-0.15, -0.1) is 0 Å². The predicted molar refractivity (Wildman–Crippen MR) is 80.9 cm³/mol. The molecule has 1 aromatic carbocycles. The minimum Gasteiger partial charge on any atom is -0.315 e. The molecule has 1 aliphatic rings. The molecule has 5 nitrogen and oxygen atoms in total. The van der Waals surface area contributed by atoms with E-state index in [1.165, 1.54) is 4.31 Å². The summed E-state index contributed by atoms with van der Waals surface area (Å²) in [6.45, 7) is 3.01. The number of hydrogen-bond acceptors (Lipinski definition) is 3. The summed E-state index contributed by atoms with van der Waals surface area (Å²) in [5, 5.41) is 3.86. The Kier molecular flexibility index (Phi) is 5.40. The van der Waals surface area contributed by atoms with Crippen LogP contribution in [-0.4, -0.2) is 50.3 Å². The second-order valence-electron chi connectivity index (χ2n) is 4.89. The number of rotatable bonds is 4. The average molecular weight is 318 g/mol. The number of benzene rings is 1. The fraction of sp³-hybridized carbons (Fsp3) is 0.538. The van der Waals surface area contributed by atoms with Gasteiger partial charge in [-0.25, -0.2) is 0 Å². The van der Waals surface area contributed by atoms with Gasteiger partial charge in [0, 0.05) is 38.2 Å². The van der Waals surface area contributed by atoms with E-state index < -0.39 is 10.2 Å². The molecule has 1 aliphatic heterocycles. The maximum absolute atomic E-state index is 12.5. The summed E-state index contributed by atoms with van der Waals surface area (Å²) in [5.41, 5.74) is 0.924. The van der Waals surface area contributed by atoms with Crippen LogP contribution in [0.25, 0.3) is 0 Å². The van der Waals surface area contributed by atoms with E-state index >= 15 is 0 Å². The Hall–Kier alpha value is -0.660. The molecule has 0 radical (unpaired) electrons. The third-order valence-electron chi connectivity index (χ3n) is 3.34. The Morgan fingerprint density at radius 3 is 2.65 bits per heavy atom. The Morgan fingerprint density at radius 1 is 1.25 bits per heavy atom. The van der Waals surface area contributed by atoms with Crippen LogP contribution in [0.15, 0.2) is 24.3 Å². The number of hydrogen-bond donors (Lipinski definition) is 1. The molecule has 2 rings (SSSR count). The molecule has 0 aromatic heterocycles. The summed E-state index contributed by atoms with van der Waals surface area (Å²) in [6.07, 6.45) is 0.841. The van der Waals surface area contributed by atoms with Gasteiger partial charge in [-0.05, 0) is 30.7 Å². The number of nitrogens with zero attached hydrogens (tertiary/aromatic N) is 2. The van der Waals surface area contributed by atoms with Gasteiger partial charge in [0.2, 0.25) is 0 Å². The summed E-state index contributed by atoms with van der Waals surface area (Å²) in [5.74, 6) is 0. The summed E-state index contributed by atoms with van der Waals surface area (Å²) >= 11 is 5.83. The quantitative estimate of drug-likeness (QED) is 0.911. The lowest BCUT2D eigenvalue weighted by Gasteiger charge is -2.26. The van der Waals surface area contributed by atoms with Gasteiger partial charge < -0.3 is 5.32 Å². The monoisotopic (exact) mass is 317 g/mol. The van der Waals surface area contributed by atoms with Crippen molar-refractivity contribution in [3.8, 4) is 0 Å². The van der Waals surface area contributed by atoms with E-state index in [2.05, 4.69) is 5.32 Å². The molecule has 0 atom stereocenters. The third-order valence-corrected chi connectivity index (χ3v) is 5.52. The lowest BCUT2D eigenvalue weighted by Crippen LogP contribution is -2.43. The summed E-state index contributed by atoms with van der Waals surface area (Å²) in [4.78, 5) is 0. The second-order valence-corrected chi connectivity index (χ2v) is 7.36. The van der Waals surface area contributed by atoms with Crippen molar-refractivity contribution in [3.63, 3.8) is 0 Å². The lowest BCUT2D eigenvalue weighted by molar-refractivity contribution is 0.368. The molecule has 0 unspecified atom stereocenters.